The van der Waals surface area contributed by atoms with Crippen molar-refractivity contribution in [3.05, 3.63) is 0 Å². The maximum absolute atomic E-state index is 12.7. The first-order chi connectivity index (χ1) is 10.8. The summed E-state index contributed by atoms with van der Waals surface area (Å²) < 4.78 is 5.36. The minimum absolute atomic E-state index is 0.0642. The normalized spacial score (nSPS) is 24.5. The van der Waals surface area contributed by atoms with Crippen LogP contribution in [-0.4, -0.2) is 96.9 Å². The number of aliphatic hydroxyl groups excluding tert-OH is 1. The van der Waals surface area contributed by atoms with Gasteiger partial charge in [0, 0.05) is 45.8 Å². The highest BCUT2D eigenvalue weighted by molar-refractivity contribution is 5.81. The molecule has 0 bridgehead atoms. The second kappa shape index (κ2) is 7.92. The van der Waals surface area contributed by atoms with Crippen molar-refractivity contribution in [3.63, 3.8) is 0 Å². The summed E-state index contributed by atoms with van der Waals surface area (Å²) in [5.41, 5.74) is -0.0994. The van der Waals surface area contributed by atoms with E-state index in [2.05, 4.69) is 30.6 Å². The van der Waals surface area contributed by atoms with Gasteiger partial charge in [-0.15, -0.1) is 0 Å². The molecular formula is C17H33N3O3. The molecule has 1 N–H and O–H groups in total. The predicted octanol–water partition coefficient (Wildman–Crippen LogP) is 0.258. The van der Waals surface area contributed by atoms with E-state index in [1.165, 1.54) is 0 Å². The Morgan fingerprint density at radius 1 is 1.09 bits per heavy atom. The Labute approximate surface area is 140 Å². The molecule has 6 heteroatoms. The third kappa shape index (κ3) is 5.14. The molecule has 2 atom stereocenters. The Kier molecular flexibility index (Phi) is 6.42. The van der Waals surface area contributed by atoms with Gasteiger partial charge in [0.1, 0.15) is 0 Å². The summed E-state index contributed by atoms with van der Waals surface area (Å²) in [4.78, 5) is 19.1. The third-order valence-electron chi connectivity index (χ3n) is 5.07. The van der Waals surface area contributed by atoms with Crippen LogP contribution < -0.4 is 0 Å². The summed E-state index contributed by atoms with van der Waals surface area (Å²) in [7, 11) is 0. The van der Waals surface area contributed by atoms with Gasteiger partial charge in [0.25, 0.3) is 0 Å². The van der Waals surface area contributed by atoms with Gasteiger partial charge >= 0.3 is 0 Å². The van der Waals surface area contributed by atoms with E-state index in [9.17, 15) is 9.90 Å². The summed E-state index contributed by atoms with van der Waals surface area (Å²) in [6.07, 6.45) is -0.336. The van der Waals surface area contributed by atoms with Crippen LogP contribution in [0.2, 0.25) is 0 Å². The average molecular weight is 327 g/mol. The van der Waals surface area contributed by atoms with Crippen LogP contribution in [0.1, 0.15) is 27.7 Å². The summed E-state index contributed by atoms with van der Waals surface area (Å²) in [5, 5.41) is 10.2. The molecule has 2 aliphatic rings. The first-order valence-electron chi connectivity index (χ1n) is 8.80. The second-order valence-corrected chi connectivity index (χ2v) is 7.83. The van der Waals surface area contributed by atoms with Gasteiger partial charge in [-0.05, 0) is 12.3 Å². The van der Waals surface area contributed by atoms with Crippen molar-refractivity contribution < 1.29 is 14.6 Å². The fraction of sp³-hybridized carbons (Fsp3) is 0.941. The lowest BCUT2D eigenvalue weighted by molar-refractivity contribution is -0.140. The number of nitrogens with zero attached hydrogens (tertiary/aromatic N) is 3. The quantitative estimate of drug-likeness (QED) is 0.803. The van der Waals surface area contributed by atoms with E-state index in [4.69, 9.17) is 4.74 Å². The molecule has 0 radical (unpaired) electrons. The Balaban J connectivity index is 1.78. The van der Waals surface area contributed by atoms with Crippen molar-refractivity contribution in [2.24, 2.45) is 5.41 Å². The Hall–Kier alpha value is -0.690. The predicted molar refractivity (Wildman–Crippen MR) is 90.3 cm³/mol. The molecule has 2 rings (SSSR count). The van der Waals surface area contributed by atoms with Crippen LogP contribution in [-0.2, 0) is 9.53 Å². The number of piperazine rings is 1. The molecule has 6 nitrogen and oxygen atoms in total. The summed E-state index contributed by atoms with van der Waals surface area (Å²) in [5.74, 6) is 0.225. The zero-order chi connectivity index (χ0) is 17.0. The van der Waals surface area contributed by atoms with E-state index in [1.807, 2.05) is 11.8 Å². The lowest BCUT2D eigenvalue weighted by atomic mass is 9.89. The number of aliphatic hydroxyl groups is 1. The van der Waals surface area contributed by atoms with Gasteiger partial charge in [-0.2, -0.15) is 0 Å². The van der Waals surface area contributed by atoms with Gasteiger partial charge in [-0.25, -0.2) is 0 Å². The lowest BCUT2D eigenvalue weighted by Gasteiger charge is -2.40. The average Bonchev–Trinajstić information content (AvgIpc) is 2.54. The van der Waals surface area contributed by atoms with Crippen molar-refractivity contribution >= 4 is 5.91 Å². The van der Waals surface area contributed by atoms with Crippen LogP contribution in [0.5, 0.6) is 0 Å². The van der Waals surface area contributed by atoms with Gasteiger partial charge in [0.2, 0.25) is 5.91 Å². The van der Waals surface area contributed by atoms with Crippen molar-refractivity contribution in [2.45, 2.75) is 39.8 Å². The number of carbonyl (C=O) groups is 1. The topological polar surface area (TPSA) is 56.2 Å². The standard InChI is InChI=1S/C17H33N3O3/c1-14(19-9-11-23-12-10-19)16(22)20-7-5-18(6-8-20)13-15(21)17(2,3)4/h14-15,21H,5-13H2,1-4H3/t14-,15+/m1/s1. The molecule has 2 heterocycles. The number of amides is 1. The molecule has 2 fully saturated rings. The minimum atomic E-state index is -0.336. The smallest absolute Gasteiger partial charge is 0.239 e. The van der Waals surface area contributed by atoms with Gasteiger partial charge in [-0.1, -0.05) is 20.8 Å². The molecule has 23 heavy (non-hydrogen) atoms. The zero-order valence-corrected chi connectivity index (χ0v) is 15.1. The summed E-state index contributed by atoms with van der Waals surface area (Å²) >= 11 is 0. The highest BCUT2D eigenvalue weighted by Crippen LogP contribution is 2.20. The second-order valence-electron chi connectivity index (χ2n) is 7.83. The fourth-order valence-electron chi connectivity index (χ4n) is 3.05. The molecule has 0 aromatic rings. The van der Waals surface area contributed by atoms with Crippen LogP contribution >= 0.6 is 0 Å². The fourth-order valence-corrected chi connectivity index (χ4v) is 3.05. The summed E-state index contributed by atoms with van der Waals surface area (Å²) in [6.45, 7) is 15.2. The van der Waals surface area contributed by atoms with Crippen molar-refractivity contribution in [1.82, 2.24) is 14.7 Å². The van der Waals surface area contributed by atoms with Crippen LogP contribution in [0, 0.1) is 5.41 Å². The molecule has 0 unspecified atom stereocenters. The number of ether oxygens (including phenoxy) is 1. The van der Waals surface area contributed by atoms with Gasteiger partial charge in [-0.3, -0.25) is 14.6 Å². The Bertz CT molecular complexity index is 383. The monoisotopic (exact) mass is 327 g/mol. The van der Waals surface area contributed by atoms with E-state index in [0.717, 1.165) is 52.5 Å². The lowest BCUT2D eigenvalue weighted by Crippen LogP contribution is -2.56. The van der Waals surface area contributed by atoms with Crippen molar-refractivity contribution in [1.29, 1.82) is 0 Å². The number of carbonyl (C=O) groups excluding carboxylic acids is 1. The SMILES string of the molecule is C[C@H](C(=O)N1CCN(C[C@H](O)C(C)(C)C)CC1)N1CCOCC1. The maximum Gasteiger partial charge on any atom is 0.239 e. The highest BCUT2D eigenvalue weighted by atomic mass is 16.5. The number of hydrogen-bond donors (Lipinski definition) is 1. The van der Waals surface area contributed by atoms with Gasteiger partial charge in [0.05, 0.1) is 25.4 Å². The molecule has 0 aliphatic carbocycles. The van der Waals surface area contributed by atoms with E-state index in [1.54, 1.807) is 0 Å². The van der Waals surface area contributed by atoms with E-state index in [0.29, 0.717) is 6.54 Å². The molecule has 0 aromatic carbocycles. The maximum atomic E-state index is 12.7. The molecular weight excluding hydrogens is 294 g/mol. The van der Waals surface area contributed by atoms with Crippen LogP contribution in [0.25, 0.3) is 0 Å². The van der Waals surface area contributed by atoms with E-state index < -0.39 is 0 Å². The van der Waals surface area contributed by atoms with Crippen LogP contribution in [0.15, 0.2) is 0 Å². The Morgan fingerprint density at radius 3 is 2.17 bits per heavy atom. The molecule has 2 aliphatic heterocycles. The van der Waals surface area contributed by atoms with E-state index in [-0.39, 0.29) is 23.5 Å². The van der Waals surface area contributed by atoms with Gasteiger partial charge < -0.3 is 14.7 Å². The minimum Gasteiger partial charge on any atom is -0.391 e. The molecule has 0 aromatic heterocycles. The number of morpholine rings is 1. The first kappa shape index (κ1) is 18.6. The highest BCUT2D eigenvalue weighted by Gasteiger charge is 2.31. The van der Waals surface area contributed by atoms with Crippen molar-refractivity contribution in [2.75, 3.05) is 59.0 Å². The van der Waals surface area contributed by atoms with Crippen molar-refractivity contribution in [3.8, 4) is 0 Å². The first-order valence-corrected chi connectivity index (χ1v) is 8.80. The third-order valence-corrected chi connectivity index (χ3v) is 5.07. The largest absolute Gasteiger partial charge is 0.391 e. The summed E-state index contributed by atoms with van der Waals surface area (Å²) in [6, 6.07) is -0.0642. The zero-order valence-electron chi connectivity index (χ0n) is 15.1. The Morgan fingerprint density at radius 2 is 1.65 bits per heavy atom. The molecule has 2 saturated heterocycles. The molecule has 1 amide bonds. The van der Waals surface area contributed by atoms with Gasteiger partial charge in [0.15, 0.2) is 0 Å². The number of hydrogen-bond acceptors (Lipinski definition) is 5. The molecule has 0 spiro atoms. The molecule has 0 saturated carbocycles. The van der Waals surface area contributed by atoms with E-state index >= 15 is 0 Å². The van der Waals surface area contributed by atoms with Crippen LogP contribution in [0.4, 0.5) is 0 Å². The molecule has 134 valence electrons. The number of rotatable bonds is 4. The van der Waals surface area contributed by atoms with Crippen LogP contribution in [0.3, 0.4) is 0 Å². The number of β-amino-alcohol motifs (C(OH)–C–C–N with tert-alkyl or cyclic N) is 1.